The summed E-state index contributed by atoms with van der Waals surface area (Å²) in [6, 6.07) is 7.92. The molecule has 0 bridgehead atoms. The van der Waals surface area contributed by atoms with Gasteiger partial charge in [-0.2, -0.15) is 0 Å². The van der Waals surface area contributed by atoms with Crippen LogP contribution in [0.3, 0.4) is 0 Å². The molecule has 0 aliphatic heterocycles. The Morgan fingerprint density at radius 3 is 2.75 bits per heavy atom. The van der Waals surface area contributed by atoms with Crippen molar-refractivity contribution in [3.63, 3.8) is 0 Å². The highest BCUT2D eigenvalue weighted by atomic mass is 16.5. The standard InChI is InChI=1S/C13H17NO2/c1-13(2,15)8-9-7-10-11(14-9)5-4-6-12(10)16-3/h4-7,14-15H,8H2,1-3H3. The Hall–Kier alpha value is -1.48. The SMILES string of the molecule is COc1cccc2[nH]c(CC(C)(C)O)cc12. The van der Waals surface area contributed by atoms with E-state index in [0.717, 1.165) is 22.3 Å². The molecule has 0 amide bonds. The van der Waals surface area contributed by atoms with Gasteiger partial charge in [-0.05, 0) is 32.0 Å². The first kappa shape index (κ1) is 11.0. The summed E-state index contributed by atoms with van der Waals surface area (Å²) in [4.78, 5) is 3.29. The van der Waals surface area contributed by atoms with Gasteiger partial charge in [0, 0.05) is 23.0 Å². The lowest BCUT2D eigenvalue weighted by Crippen LogP contribution is -2.21. The van der Waals surface area contributed by atoms with Gasteiger partial charge < -0.3 is 14.8 Å². The zero-order valence-electron chi connectivity index (χ0n) is 9.87. The van der Waals surface area contributed by atoms with Crippen molar-refractivity contribution in [1.82, 2.24) is 4.98 Å². The molecule has 0 atom stereocenters. The number of ether oxygens (including phenoxy) is 1. The van der Waals surface area contributed by atoms with E-state index in [1.54, 1.807) is 21.0 Å². The zero-order valence-corrected chi connectivity index (χ0v) is 9.87. The Morgan fingerprint density at radius 2 is 2.12 bits per heavy atom. The molecule has 3 nitrogen and oxygen atoms in total. The highest BCUT2D eigenvalue weighted by Crippen LogP contribution is 2.27. The molecular formula is C13H17NO2. The lowest BCUT2D eigenvalue weighted by molar-refractivity contribution is 0.0801. The molecule has 1 aromatic carbocycles. The van der Waals surface area contributed by atoms with Gasteiger partial charge >= 0.3 is 0 Å². The molecular weight excluding hydrogens is 202 g/mol. The molecule has 0 aliphatic rings. The second kappa shape index (κ2) is 3.83. The minimum Gasteiger partial charge on any atom is -0.496 e. The lowest BCUT2D eigenvalue weighted by Gasteiger charge is -2.15. The van der Waals surface area contributed by atoms with E-state index < -0.39 is 5.60 Å². The zero-order chi connectivity index (χ0) is 11.8. The average molecular weight is 219 g/mol. The van der Waals surface area contributed by atoms with Gasteiger partial charge in [-0.3, -0.25) is 0 Å². The largest absolute Gasteiger partial charge is 0.496 e. The van der Waals surface area contributed by atoms with E-state index in [1.807, 2.05) is 24.3 Å². The van der Waals surface area contributed by atoms with Gasteiger partial charge in [-0.25, -0.2) is 0 Å². The van der Waals surface area contributed by atoms with E-state index in [-0.39, 0.29) is 0 Å². The number of hydrogen-bond donors (Lipinski definition) is 2. The van der Waals surface area contributed by atoms with Crippen molar-refractivity contribution in [3.05, 3.63) is 30.0 Å². The van der Waals surface area contributed by atoms with Gasteiger partial charge in [0.05, 0.1) is 12.7 Å². The van der Waals surface area contributed by atoms with Crippen molar-refractivity contribution < 1.29 is 9.84 Å². The topological polar surface area (TPSA) is 45.2 Å². The third-order valence-electron chi connectivity index (χ3n) is 2.52. The maximum atomic E-state index is 9.77. The Balaban J connectivity index is 2.44. The van der Waals surface area contributed by atoms with Crippen molar-refractivity contribution in [1.29, 1.82) is 0 Å². The first-order valence-electron chi connectivity index (χ1n) is 5.36. The maximum absolute atomic E-state index is 9.77. The van der Waals surface area contributed by atoms with Crippen LogP contribution < -0.4 is 4.74 Å². The summed E-state index contributed by atoms with van der Waals surface area (Å²) in [6.07, 6.45) is 0.602. The summed E-state index contributed by atoms with van der Waals surface area (Å²) in [6.45, 7) is 3.60. The minimum absolute atomic E-state index is 0.602. The highest BCUT2D eigenvalue weighted by molar-refractivity contribution is 5.86. The fourth-order valence-corrected chi connectivity index (χ4v) is 1.92. The van der Waals surface area contributed by atoms with Gasteiger partial charge in [-0.1, -0.05) is 6.07 Å². The molecule has 0 radical (unpaired) electrons. The van der Waals surface area contributed by atoms with Gasteiger partial charge in [0.1, 0.15) is 5.75 Å². The van der Waals surface area contributed by atoms with Crippen LogP contribution in [0, 0.1) is 0 Å². The molecule has 0 aliphatic carbocycles. The summed E-state index contributed by atoms with van der Waals surface area (Å²) in [7, 11) is 1.66. The monoisotopic (exact) mass is 219 g/mol. The number of benzene rings is 1. The number of H-pyrrole nitrogens is 1. The molecule has 0 spiro atoms. The minimum atomic E-state index is -0.700. The van der Waals surface area contributed by atoms with Crippen LogP contribution in [0.25, 0.3) is 10.9 Å². The maximum Gasteiger partial charge on any atom is 0.128 e. The second-order valence-corrected chi connectivity index (χ2v) is 4.71. The average Bonchev–Trinajstić information content (AvgIpc) is 2.56. The van der Waals surface area contributed by atoms with Gasteiger partial charge in [0.2, 0.25) is 0 Å². The van der Waals surface area contributed by atoms with Crippen LogP contribution in [0.5, 0.6) is 5.75 Å². The molecule has 16 heavy (non-hydrogen) atoms. The number of aromatic amines is 1. The number of fused-ring (bicyclic) bond motifs is 1. The van der Waals surface area contributed by atoms with Gasteiger partial charge in [-0.15, -0.1) is 0 Å². The molecule has 0 saturated carbocycles. The third kappa shape index (κ3) is 2.19. The molecule has 2 N–H and O–H groups in total. The van der Waals surface area contributed by atoms with E-state index in [1.165, 1.54) is 0 Å². The van der Waals surface area contributed by atoms with Crippen LogP contribution in [-0.4, -0.2) is 22.8 Å². The highest BCUT2D eigenvalue weighted by Gasteiger charge is 2.15. The van der Waals surface area contributed by atoms with E-state index in [9.17, 15) is 5.11 Å². The Kier molecular flexibility index (Phi) is 2.64. The molecule has 1 aromatic heterocycles. The van der Waals surface area contributed by atoms with Crippen LogP contribution in [0.1, 0.15) is 19.5 Å². The van der Waals surface area contributed by atoms with Crippen molar-refractivity contribution in [2.24, 2.45) is 0 Å². The Morgan fingerprint density at radius 1 is 1.38 bits per heavy atom. The summed E-state index contributed by atoms with van der Waals surface area (Å²) < 4.78 is 5.29. The second-order valence-electron chi connectivity index (χ2n) is 4.71. The predicted octanol–water partition coefficient (Wildman–Crippen LogP) is 2.49. The number of nitrogens with one attached hydrogen (secondary N) is 1. The van der Waals surface area contributed by atoms with Crippen LogP contribution in [0.15, 0.2) is 24.3 Å². The van der Waals surface area contributed by atoms with E-state index in [2.05, 4.69) is 4.98 Å². The molecule has 2 rings (SSSR count). The number of aliphatic hydroxyl groups is 1. The fourth-order valence-electron chi connectivity index (χ4n) is 1.92. The van der Waals surface area contributed by atoms with E-state index >= 15 is 0 Å². The number of rotatable bonds is 3. The molecule has 0 fully saturated rings. The first-order chi connectivity index (χ1) is 7.49. The van der Waals surface area contributed by atoms with Crippen LogP contribution in [0.4, 0.5) is 0 Å². The number of methoxy groups -OCH3 is 1. The van der Waals surface area contributed by atoms with Crippen molar-refractivity contribution >= 4 is 10.9 Å². The van der Waals surface area contributed by atoms with Crippen molar-refractivity contribution in [2.45, 2.75) is 25.9 Å². The fraction of sp³-hybridized carbons (Fsp3) is 0.385. The van der Waals surface area contributed by atoms with Gasteiger partial charge in [0.25, 0.3) is 0 Å². The molecule has 0 saturated heterocycles. The van der Waals surface area contributed by atoms with Crippen LogP contribution in [-0.2, 0) is 6.42 Å². The van der Waals surface area contributed by atoms with Crippen molar-refractivity contribution in [2.75, 3.05) is 7.11 Å². The smallest absolute Gasteiger partial charge is 0.128 e. The van der Waals surface area contributed by atoms with Crippen LogP contribution >= 0.6 is 0 Å². The van der Waals surface area contributed by atoms with Crippen molar-refractivity contribution in [3.8, 4) is 5.75 Å². The van der Waals surface area contributed by atoms with E-state index in [4.69, 9.17) is 4.74 Å². The predicted molar refractivity (Wildman–Crippen MR) is 64.9 cm³/mol. The molecule has 2 aromatic rings. The molecule has 3 heteroatoms. The number of aromatic nitrogens is 1. The lowest BCUT2D eigenvalue weighted by atomic mass is 10.0. The molecule has 86 valence electrons. The Labute approximate surface area is 95.1 Å². The summed E-state index contributed by atoms with van der Waals surface area (Å²) in [5.74, 6) is 0.857. The third-order valence-corrected chi connectivity index (χ3v) is 2.52. The summed E-state index contributed by atoms with van der Waals surface area (Å²) >= 11 is 0. The normalized spacial score (nSPS) is 12.0. The first-order valence-corrected chi connectivity index (χ1v) is 5.36. The van der Waals surface area contributed by atoms with Gasteiger partial charge in [0.15, 0.2) is 0 Å². The summed E-state index contributed by atoms with van der Waals surface area (Å²) in [5, 5.41) is 10.8. The quantitative estimate of drug-likeness (QED) is 0.833. The molecule has 1 heterocycles. The molecule has 0 unspecified atom stereocenters. The number of hydrogen-bond acceptors (Lipinski definition) is 2. The Bertz CT molecular complexity index is 494. The van der Waals surface area contributed by atoms with E-state index in [0.29, 0.717) is 6.42 Å². The summed E-state index contributed by atoms with van der Waals surface area (Å²) in [5.41, 5.74) is 1.36. The van der Waals surface area contributed by atoms with Crippen LogP contribution in [0.2, 0.25) is 0 Å².